The number of halogens is 4. The molecule has 0 bridgehead atoms. The summed E-state index contributed by atoms with van der Waals surface area (Å²) in [4.78, 5) is 4.12. The van der Waals surface area contributed by atoms with E-state index in [1.165, 1.54) is 0 Å². The molecule has 14 heavy (non-hydrogen) atoms. The van der Waals surface area contributed by atoms with Crippen LogP contribution in [0.15, 0.2) is 12.4 Å². The van der Waals surface area contributed by atoms with Gasteiger partial charge in [0.25, 0.3) is 0 Å². The predicted molar refractivity (Wildman–Crippen MR) is 59.0 cm³/mol. The van der Waals surface area contributed by atoms with Crippen LogP contribution < -0.4 is 0 Å². The second-order valence-corrected chi connectivity index (χ2v) is 13.5. The van der Waals surface area contributed by atoms with Gasteiger partial charge in [0, 0.05) is 26.0 Å². The number of rotatable bonds is 2. The minimum atomic E-state index is -2.61. The van der Waals surface area contributed by atoms with Gasteiger partial charge in [-0.3, -0.25) is 0 Å². The molecule has 0 spiro atoms. The number of aliphatic hydroxyl groups excluding tert-OH is 1. The molecule has 1 aliphatic heterocycles. The molecule has 1 N–H and O–H groups in total. The maximum atomic E-state index is 8.52. The van der Waals surface area contributed by atoms with Crippen LogP contribution in [0.5, 0.6) is 0 Å². The fraction of sp³-hybridized carbons (Fsp3) is 0.667. The maximum absolute atomic E-state index is 8.52. The summed E-state index contributed by atoms with van der Waals surface area (Å²) in [6.45, 7) is 1.87. The molecule has 0 radical (unpaired) electrons. The van der Waals surface area contributed by atoms with Crippen molar-refractivity contribution in [2.75, 3.05) is 26.9 Å². The minimum absolute atomic E-state index is 0.234. The van der Waals surface area contributed by atoms with E-state index in [0.29, 0.717) is 0 Å². The summed E-state index contributed by atoms with van der Waals surface area (Å²) >= 11 is 0. The van der Waals surface area contributed by atoms with Crippen molar-refractivity contribution in [3.8, 4) is 0 Å². The predicted octanol–water partition coefficient (Wildman–Crippen LogP) is 2.41. The van der Waals surface area contributed by atoms with Crippen molar-refractivity contribution in [1.29, 1.82) is 0 Å². The topological polar surface area (TPSA) is 26.7 Å². The van der Waals surface area contributed by atoms with Gasteiger partial charge in [0.05, 0.1) is 13.3 Å². The van der Waals surface area contributed by atoms with Crippen molar-refractivity contribution in [2.45, 2.75) is 0 Å². The van der Waals surface area contributed by atoms with Crippen LogP contribution in [0.3, 0.4) is 0 Å². The van der Waals surface area contributed by atoms with E-state index in [-0.39, 0.29) is 6.61 Å². The Balaban J connectivity index is 0.000000292. The van der Waals surface area contributed by atoms with E-state index >= 15 is 0 Å². The van der Waals surface area contributed by atoms with Gasteiger partial charge in [-0.1, -0.05) is 0 Å². The molecule has 0 amide bonds. The van der Waals surface area contributed by atoms with Crippen LogP contribution in [-0.4, -0.2) is 41.8 Å². The standard InChI is InChI=1S/C6H12N2O.4ClH.Fe/c1-7-2-3-8(6-7)4-5-9;;;;;/h2-3,9H,4-6H2,1H3;4*1H;/q;;;;;+3/p-4. The molecule has 0 aromatic heterocycles. The Labute approximate surface area is 103 Å². The Morgan fingerprint density at radius 2 is 1.79 bits per heavy atom. The monoisotopic (exact) mass is 324 g/mol. The average Bonchev–Trinajstić information content (AvgIpc) is 2.32. The van der Waals surface area contributed by atoms with Crippen LogP contribution in [0.1, 0.15) is 0 Å². The molecule has 1 aliphatic rings. The van der Waals surface area contributed by atoms with Crippen LogP contribution >= 0.6 is 40.4 Å². The molecule has 0 aliphatic carbocycles. The Morgan fingerprint density at radius 1 is 1.29 bits per heavy atom. The fourth-order valence-electron chi connectivity index (χ4n) is 0.863. The zero-order chi connectivity index (χ0) is 11.2. The van der Waals surface area contributed by atoms with Crippen molar-refractivity contribution in [2.24, 2.45) is 0 Å². The van der Waals surface area contributed by atoms with Crippen molar-refractivity contribution in [3.05, 3.63) is 12.4 Å². The quantitative estimate of drug-likeness (QED) is 0.790. The third-order valence-electron chi connectivity index (χ3n) is 1.32. The third-order valence-corrected chi connectivity index (χ3v) is 1.32. The molecule has 0 atom stereocenters. The molecule has 0 aromatic rings. The number of nitrogens with zero attached hydrogens (tertiary/aromatic N) is 2. The summed E-state index contributed by atoms with van der Waals surface area (Å²) in [5.74, 6) is 0. The second kappa shape index (κ2) is 7.29. The van der Waals surface area contributed by atoms with Gasteiger partial charge in [-0.2, -0.15) is 0 Å². The summed E-state index contributed by atoms with van der Waals surface area (Å²) in [5, 5.41) is 8.52. The first-order chi connectivity index (χ1) is 6.33. The number of β-amino-alcohol motifs (C(OH)–C–C–N with tert-alkyl or cyclic N) is 1. The first-order valence-corrected chi connectivity index (χ1v) is 9.67. The molecular weight excluding hydrogens is 314 g/mol. The first-order valence-electron chi connectivity index (χ1n) is 3.60. The number of hydrogen-bond donors (Lipinski definition) is 1. The molecular formula is C6H12Cl4FeN2O-. The summed E-state index contributed by atoms with van der Waals surface area (Å²) in [7, 11) is 19.2. The Hall–Kier alpha value is 0.979. The average molecular weight is 326 g/mol. The van der Waals surface area contributed by atoms with E-state index in [9.17, 15) is 0 Å². The molecule has 1 rings (SSSR count). The van der Waals surface area contributed by atoms with Crippen LogP contribution in [-0.2, 0) is 9.20 Å². The van der Waals surface area contributed by atoms with Crippen molar-refractivity contribution < 1.29 is 14.3 Å². The molecule has 1 heterocycles. The molecule has 0 saturated heterocycles. The second-order valence-electron chi connectivity index (χ2n) is 2.54. The van der Waals surface area contributed by atoms with Gasteiger partial charge >= 0.3 is 49.6 Å². The zero-order valence-corrected chi connectivity index (χ0v) is 11.6. The summed E-state index contributed by atoms with van der Waals surface area (Å²) < 4.78 is 0. The van der Waals surface area contributed by atoms with Gasteiger partial charge in [-0.15, -0.1) is 0 Å². The molecule has 0 unspecified atom stereocenters. The Bertz CT molecular complexity index is 181. The molecule has 0 fully saturated rings. The number of aliphatic hydroxyl groups is 1. The molecule has 0 saturated carbocycles. The van der Waals surface area contributed by atoms with E-state index in [1.807, 2.05) is 19.4 Å². The van der Waals surface area contributed by atoms with Crippen LogP contribution in [0, 0.1) is 0 Å². The molecule has 3 nitrogen and oxygen atoms in total. The normalized spacial score (nSPS) is 16.7. The van der Waals surface area contributed by atoms with Crippen LogP contribution in [0.4, 0.5) is 0 Å². The Morgan fingerprint density at radius 3 is 2.07 bits per heavy atom. The van der Waals surface area contributed by atoms with Gasteiger partial charge < -0.3 is 14.9 Å². The van der Waals surface area contributed by atoms with Crippen molar-refractivity contribution in [1.82, 2.24) is 9.80 Å². The third kappa shape index (κ3) is 11.1. The Kier molecular flexibility index (Phi) is 7.80. The molecule has 89 valence electrons. The van der Waals surface area contributed by atoms with Gasteiger partial charge in [0.1, 0.15) is 0 Å². The molecule has 8 heteroatoms. The van der Waals surface area contributed by atoms with Crippen molar-refractivity contribution >= 4 is 40.4 Å². The summed E-state index contributed by atoms with van der Waals surface area (Å²) in [6, 6.07) is 0. The fourth-order valence-corrected chi connectivity index (χ4v) is 0.863. The van der Waals surface area contributed by atoms with E-state index < -0.39 is 9.20 Å². The van der Waals surface area contributed by atoms with E-state index in [2.05, 4.69) is 9.80 Å². The van der Waals surface area contributed by atoms with Gasteiger partial charge in [-0.25, -0.2) is 0 Å². The van der Waals surface area contributed by atoms with Gasteiger partial charge in [0.15, 0.2) is 0 Å². The summed E-state index contributed by atoms with van der Waals surface area (Å²) in [5.41, 5.74) is 0. The van der Waals surface area contributed by atoms with E-state index in [0.717, 1.165) is 13.2 Å². The number of hydrogen-bond acceptors (Lipinski definition) is 3. The zero-order valence-electron chi connectivity index (χ0n) is 7.48. The van der Waals surface area contributed by atoms with E-state index in [4.69, 9.17) is 45.5 Å². The molecule has 0 aromatic carbocycles. The van der Waals surface area contributed by atoms with Crippen LogP contribution in [0.2, 0.25) is 0 Å². The van der Waals surface area contributed by atoms with E-state index in [1.54, 1.807) is 0 Å². The van der Waals surface area contributed by atoms with Crippen LogP contribution in [0.25, 0.3) is 0 Å². The summed E-state index contributed by atoms with van der Waals surface area (Å²) in [6.07, 6.45) is 3.98. The van der Waals surface area contributed by atoms with Crippen molar-refractivity contribution in [3.63, 3.8) is 0 Å². The van der Waals surface area contributed by atoms with Gasteiger partial charge in [-0.05, 0) is 0 Å². The SMILES string of the molecule is CN1C=CN(CCO)C1.[Cl][Fe-]([Cl])([Cl])[Cl]. The van der Waals surface area contributed by atoms with Gasteiger partial charge in [0.2, 0.25) is 0 Å². The first kappa shape index (κ1) is 15.0.